The number of carboxylic acids is 1. The molecule has 2 aromatic rings. The molecule has 1 saturated heterocycles. The van der Waals surface area contributed by atoms with Crippen LogP contribution in [-0.2, 0) is 23.8 Å². The molecule has 0 bridgehead atoms. The number of alkyl carbamates (subject to hydrolysis) is 1. The highest BCUT2D eigenvalue weighted by Crippen LogP contribution is 2.44. The molecule has 3 unspecified atom stereocenters. The van der Waals surface area contributed by atoms with Gasteiger partial charge in [0.25, 0.3) is 0 Å². The van der Waals surface area contributed by atoms with Crippen molar-refractivity contribution in [3.05, 3.63) is 59.7 Å². The second-order valence-electron chi connectivity index (χ2n) is 9.15. The number of carbonyl (C=O) groups excluding carboxylic acids is 2. The fraction of sp³-hybridized carbons (Fsp3) is 0.423. The maximum absolute atomic E-state index is 12.9. The smallest absolute Gasteiger partial charge is 0.408 e. The zero-order valence-electron chi connectivity index (χ0n) is 19.8. The van der Waals surface area contributed by atoms with Crippen molar-refractivity contribution in [2.24, 2.45) is 5.92 Å². The molecule has 2 aromatic carbocycles. The molecule has 1 aliphatic carbocycles. The van der Waals surface area contributed by atoms with Crippen LogP contribution in [0.2, 0.25) is 0 Å². The maximum Gasteiger partial charge on any atom is 0.408 e. The number of hydrogen-bond donors (Lipinski definition) is 3. The SMILES string of the molecule is COCC(C)(NC(=O)OCC1c2ccccc2-c2ccccc21)C(=O)NCC1CC(C(=O)O)CO1. The van der Waals surface area contributed by atoms with Crippen molar-refractivity contribution in [3.63, 3.8) is 0 Å². The molecule has 0 saturated carbocycles. The molecule has 1 aliphatic heterocycles. The van der Waals surface area contributed by atoms with Crippen LogP contribution < -0.4 is 10.6 Å². The molecule has 186 valence electrons. The average Bonchev–Trinajstić information content (AvgIpc) is 3.44. The van der Waals surface area contributed by atoms with E-state index in [1.54, 1.807) is 6.92 Å². The summed E-state index contributed by atoms with van der Waals surface area (Å²) >= 11 is 0. The van der Waals surface area contributed by atoms with Gasteiger partial charge in [0.1, 0.15) is 12.1 Å². The standard InChI is InChI=1S/C26H30N2O7/c1-26(15-33-2,24(31)27-12-17-11-16(13-34-17)23(29)30)28-25(32)35-14-22-20-9-5-3-7-18(20)19-8-4-6-10-21(19)22/h3-10,16-17,22H,11-15H2,1-2H3,(H,27,31)(H,28,32)(H,29,30). The van der Waals surface area contributed by atoms with Gasteiger partial charge < -0.3 is 30.0 Å². The first kappa shape index (κ1) is 24.7. The Morgan fingerprint density at radius 1 is 1.09 bits per heavy atom. The van der Waals surface area contributed by atoms with Gasteiger partial charge in [0.05, 0.1) is 25.2 Å². The number of hydrogen-bond acceptors (Lipinski definition) is 6. The molecule has 2 amide bonds. The number of benzene rings is 2. The second kappa shape index (κ2) is 10.5. The van der Waals surface area contributed by atoms with Crippen LogP contribution in [-0.4, -0.2) is 68.2 Å². The van der Waals surface area contributed by atoms with Crippen LogP contribution in [0.4, 0.5) is 4.79 Å². The lowest BCUT2D eigenvalue weighted by Gasteiger charge is -2.29. The van der Waals surface area contributed by atoms with E-state index in [9.17, 15) is 14.4 Å². The Hall–Kier alpha value is -3.43. The van der Waals surface area contributed by atoms with Crippen molar-refractivity contribution in [2.45, 2.75) is 30.9 Å². The number of methoxy groups -OCH3 is 1. The third kappa shape index (κ3) is 5.31. The summed E-state index contributed by atoms with van der Waals surface area (Å²) in [6.07, 6.45) is -0.818. The third-order valence-electron chi connectivity index (χ3n) is 6.58. The Balaban J connectivity index is 1.35. The van der Waals surface area contributed by atoms with Crippen molar-refractivity contribution in [1.82, 2.24) is 10.6 Å². The number of rotatable bonds is 9. The first-order valence-corrected chi connectivity index (χ1v) is 11.6. The molecule has 0 spiro atoms. The van der Waals surface area contributed by atoms with E-state index in [0.717, 1.165) is 22.3 Å². The molecule has 1 fully saturated rings. The predicted octanol–water partition coefficient (Wildman–Crippen LogP) is 2.54. The van der Waals surface area contributed by atoms with E-state index in [1.807, 2.05) is 36.4 Å². The molecule has 1 heterocycles. The minimum absolute atomic E-state index is 0.0771. The van der Waals surface area contributed by atoms with Gasteiger partial charge in [0.2, 0.25) is 5.91 Å². The highest BCUT2D eigenvalue weighted by atomic mass is 16.5. The van der Waals surface area contributed by atoms with Crippen LogP contribution in [0.3, 0.4) is 0 Å². The summed E-state index contributed by atoms with van der Waals surface area (Å²) in [7, 11) is 1.43. The quantitative estimate of drug-likeness (QED) is 0.502. The molecule has 4 rings (SSSR count). The summed E-state index contributed by atoms with van der Waals surface area (Å²) in [4.78, 5) is 36.8. The van der Waals surface area contributed by atoms with Gasteiger partial charge >= 0.3 is 12.1 Å². The zero-order valence-corrected chi connectivity index (χ0v) is 19.8. The van der Waals surface area contributed by atoms with E-state index in [0.29, 0.717) is 6.42 Å². The summed E-state index contributed by atoms with van der Waals surface area (Å²) in [6.45, 7) is 1.84. The largest absolute Gasteiger partial charge is 0.481 e. The molecule has 2 aliphatic rings. The van der Waals surface area contributed by atoms with Crippen LogP contribution in [0.25, 0.3) is 11.1 Å². The Kier molecular flexibility index (Phi) is 7.37. The highest BCUT2D eigenvalue weighted by molar-refractivity contribution is 5.90. The van der Waals surface area contributed by atoms with Crippen LogP contribution >= 0.6 is 0 Å². The van der Waals surface area contributed by atoms with Crippen molar-refractivity contribution >= 4 is 18.0 Å². The lowest BCUT2D eigenvalue weighted by Crippen LogP contribution is -2.60. The molecule has 0 aromatic heterocycles. The summed E-state index contributed by atoms with van der Waals surface area (Å²) in [5.41, 5.74) is 3.05. The average molecular weight is 483 g/mol. The van der Waals surface area contributed by atoms with Crippen molar-refractivity contribution in [2.75, 3.05) is 33.5 Å². The highest BCUT2D eigenvalue weighted by Gasteiger charge is 2.38. The third-order valence-corrected chi connectivity index (χ3v) is 6.58. The zero-order chi connectivity index (χ0) is 25.0. The minimum atomic E-state index is -1.39. The lowest BCUT2D eigenvalue weighted by atomic mass is 9.98. The van der Waals surface area contributed by atoms with Crippen LogP contribution in [0, 0.1) is 5.92 Å². The van der Waals surface area contributed by atoms with E-state index < -0.39 is 35.5 Å². The van der Waals surface area contributed by atoms with E-state index in [4.69, 9.17) is 19.3 Å². The predicted molar refractivity (Wildman–Crippen MR) is 127 cm³/mol. The number of carbonyl (C=O) groups is 3. The molecule has 35 heavy (non-hydrogen) atoms. The summed E-state index contributed by atoms with van der Waals surface area (Å²) in [6, 6.07) is 16.1. The van der Waals surface area contributed by atoms with Gasteiger partial charge in [-0.3, -0.25) is 9.59 Å². The van der Waals surface area contributed by atoms with Gasteiger partial charge in [0.15, 0.2) is 0 Å². The molecular weight excluding hydrogens is 452 g/mol. The maximum atomic E-state index is 12.9. The Morgan fingerprint density at radius 2 is 1.71 bits per heavy atom. The normalized spacial score (nSPS) is 20.4. The Morgan fingerprint density at radius 3 is 2.29 bits per heavy atom. The number of fused-ring (bicyclic) bond motifs is 3. The van der Waals surface area contributed by atoms with E-state index in [2.05, 4.69) is 22.8 Å². The summed E-state index contributed by atoms with van der Waals surface area (Å²) < 4.78 is 16.2. The summed E-state index contributed by atoms with van der Waals surface area (Å²) in [5, 5.41) is 14.5. The van der Waals surface area contributed by atoms with E-state index in [1.165, 1.54) is 7.11 Å². The van der Waals surface area contributed by atoms with E-state index in [-0.39, 0.29) is 32.3 Å². The van der Waals surface area contributed by atoms with Crippen molar-refractivity contribution in [3.8, 4) is 11.1 Å². The van der Waals surface area contributed by atoms with Gasteiger partial charge in [-0.1, -0.05) is 48.5 Å². The number of carboxylic acid groups (broad SMARTS) is 1. The molecular formula is C26H30N2O7. The van der Waals surface area contributed by atoms with Crippen molar-refractivity contribution in [1.29, 1.82) is 0 Å². The van der Waals surface area contributed by atoms with Gasteiger partial charge in [-0.15, -0.1) is 0 Å². The number of aliphatic carboxylic acids is 1. The fourth-order valence-corrected chi connectivity index (χ4v) is 4.73. The first-order valence-electron chi connectivity index (χ1n) is 11.6. The monoisotopic (exact) mass is 482 g/mol. The Labute approximate surface area is 203 Å². The van der Waals surface area contributed by atoms with Gasteiger partial charge in [-0.05, 0) is 35.6 Å². The second-order valence-corrected chi connectivity index (χ2v) is 9.15. The van der Waals surface area contributed by atoms with Gasteiger partial charge in [-0.25, -0.2) is 4.79 Å². The molecule has 3 atom stereocenters. The lowest BCUT2D eigenvalue weighted by molar-refractivity contribution is -0.141. The minimum Gasteiger partial charge on any atom is -0.481 e. The van der Waals surface area contributed by atoms with Gasteiger partial charge in [-0.2, -0.15) is 0 Å². The summed E-state index contributed by atoms with van der Waals surface area (Å²) in [5.74, 6) is -2.08. The fourth-order valence-electron chi connectivity index (χ4n) is 4.73. The van der Waals surface area contributed by atoms with Crippen molar-refractivity contribution < 1.29 is 33.7 Å². The topological polar surface area (TPSA) is 123 Å². The molecule has 0 radical (unpaired) electrons. The number of ether oxygens (including phenoxy) is 3. The van der Waals surface area contributed by atoms with Crippen LogP contribution in [0.15, 0.2) is 48.5 Å². The number of amides is 2. The molecule has 9 nitrogen and oxygen atoms in total. The first-order chi connectivity index (χ1) is 16.8. The molecule has 3 N–H and O–H groups in total. The van der Waals surface area contributed by atoms with Crippen LogP contribution in [0.1, 0.15) is 30.4 Å². The van der Waals surface area contributed by atoms with Crippen LogP contribution in [0.5, 0.6) is 0 Å². The molecule has 9 heteroatoms. The van der Waals surface area contributed by atoms with E-state index >= 15 is 0 Å². The van der Waals surface area contributed by atoms with Gasteiger partial charge in [0, 0.05) is 19.6 Å². The Bertz CT molecular complexity index is 1060. The number of nitrogens with one attached hydrogen (secondary N) is 2.